The van der Waals surface area contributed by atoms with Gasteiger partial charge in [0.05, 0.1) is 6.61 Å². The topological polar surface area (TPSA) is 47.7 Å². The van der Waals surface area contributed by atoms with Crippen LogP contribution >= 0.6 is 0 Å². The number of rotatable bonds is 10. The molecule has 0 rings (SSSR count). The smallest absolute Gasteiger partial charge is 0.0589 e. The summed E-state index contributed by atoms with van der Waals surface area (Å²) in [6.07, 6.45) is 2.05. The Morgan fingerprint density at radius 2 is 1.75 bits per heavy atom. The van der Waals surface area contributed by atoms with Gasteiger partial charge in [0, 0.05) is 46.0 Å². The Hall–Kier alpha value is -0.160. The Bertz CT molecular complexity index is 156. The lowest BCUT2D eigenvalue weighted by atomic mass is 10.1. The summed E-state index contributed by atoms with van der Waals surface area (Å²) in [6.45, 7) is 7.84. The minimum Gasteiger partial charge on any atom is -0.385 e. The molecule has 0 amide bonds. The third-order valence-corrected chi connectivity index (χ3v) is 3.04. The highest BCUT2D eigenvalue weighted by Gasteiger charge is 2.18. The first-order chi connectivity index (χ1) is 7.67. The second kappa shape index (κ2) is 10.0. The van der Waals surface area contributed by atoms with E-state index in [-0.39, 0.29) is 6.04 Å². The van der Waals surface area contributed by atoms with Gasteiger partial charge in [-0.15, -0.1) is 0 Å². The maximum atomic E-state index is 6.08. The molecule has 0 aliphatic heterocycles. The van der Waals surface area contributed by atoms with Gasteiger partial charge in [0.15, 0.2) is 0 Å². The molecule has 16 heavy (non-hydrogen) atoms. The Morgan fingerprint density at radius 1 is 1.12 bits per heavy atom. The number of nitrogens with zero attached hydrogens (tertiary/aromatic N) is 1. The van der Waals surface area contributed by atoms with Crippen LogP contribution in [0.1, 0.15) is 26.7 Å². The SMILES string of the molecule is CCC(N)C(C)N(CCCOC)CCOC. The maximum absolute atomic E-state index is 6.08. The van der Waals surface area contributed by atoms with Crippen molar-refractivity contribution in [2.24, 2.45) is 5.73 Å². The van der Waals surface area contributed by atoms with Crippen molar-refractivity contribution in [2.45, 2.75) is 38.8 Å². The molecule has 4 heteroatoms. The molecule has 0 saturated carbocycles. The van der Waals surface area contributed by atoms with E-state index in [4.69, 9.17) is 15.2 Å². The normalized spacial score (nSPS) is 15.4. The van der Waals surface area contributed by atoms with Gasteiger partial charge in [-0.25, -0.2) is 0 Å². The molecular formula is C12H28N2O2. The van der Waals surface area contributed by atoms with Crippen molar-refractivity contribution in [3.8, 4) is 0 Å². The van der Waals surface area contributed by atoms with Crippen molar-refractivity contribution in [3.05, 3.63) is 0 Å². The molecule has 0 aliphatic rings. The summed E-state index contributed by atoms with van der Waals surface area (Å²) in [7, 11) is 3.47. The zero-order chi connectivity index (χ0) is 12.4. The van der Waals surface area contributed by atoms with E-state index in [2.05, 4.69) is 18.7 Å². The van der Waals surface area contributed by atoms with Gasteiger partial charge in [0.2, 0.25) is 0 Å². The number of hydrogen-bond donors (Lipinski definition) is 1. The number of nitrogens with two attached hydrogens (primary N) is 1. The highest BCUT2D eigenvalue weighted by molar-refractivity contribution is 4.77. The number of ether oxygens (including phenoxy) is 2. The molecule has 0 aromatic heterocycles. The molecule has 0 heterocycles. The van der Waals surface area contributed by atoms with E-state index in [1.165, 1.54) is 0 Å². The summed E-state index contributed by atoms with van der Waals surface area (Å²) in [4.78, 5) is 2.39. The van der Waals surface area contributed by atoms with Crippen molar-refractivity contribution < 1.29 is 9.47 Å². The van der Waals surface area contributed by atoms with Gasteiger partial charge >= 0.3 is 0 Å². The fourth-order valence-electron chi connectivity index (χ4n) is 1.75. The van der Waals surface area contributed by atoms with Crippen molar-refractivity contribution in [1.82, 2.24) is 4.90 Å². The number of hydrogen-bond acceptors (Lipinski definition) is 4. The minimum atomic E-state index is 0.236. The zero-order valence-corrected chi connectivity index (χ0v) is 11.2. The fourth-order valence-corrected chi connectivity index (χ4v) is 1.75. The van der Waals surface area contributed by atoms with Gasteiger partial charge in [-0.2, -0.15) is 0 Å². The second-order valence-corrected chi connectivity index (χ2v) is 4.19. The number of methoxy groups -OCH3 is 2. The van der Waals surface area contributed by atoms with Gasteiger partial charge in [-0.3, -0.25) is 4.90 Å². The Balaban J connectivity index is 4.06. The molecule has 0 aliphatic carbocycles. The molecule has 0 radical (unpaired) electrons. The molecule has 2 unspecified atom stereocenters. The van der Waals surface area contributed by atoms with E-state index in [0.29, 0.717) is 6.04 Å². The van der Waals surface area contributed by atoms with E-state index in [0.717, 1.165) is 39.1 Å². The van der Waals surface area contributed by atoms with Crippen molar-refractivity contribution >= 4 is 0 Å². The minimum absolute atomic E-state index is 0.236. The first-order valence-corrected chi connectivity index (χ1v) is 6.14. The Labute approximate surface area is 100 Å². The molecule has 0 bridgehead atoms. The van der Waals surface area contributed by atoms with E-state index < -0.39 is 0 Å². The van der Waals surface area contributed by atoms with Crippen LogP contribution in [0.5, 0.6) is 0 Å². The summed E-state index contributed by atoms with van der Waals surface area (Å²) in [5.41, 5.74) is 6.08. The van der Waals surface area contributed by atoms with Gasteiger partial charge in [-0.05, 0) is 19.8 Å². The molecule has 2 N–H and O–H groups in total. The quantitative estimate of drug-likeness (QED) is 0.573. The summed E-state index contributed by atoms with van der Waals surface area (Å²) in [6, 6.07) is 0.636. The van der Waals surface area contributed by atoms with Gasteiger partial charge < -0.3 is 15.2 Å². The lowest BCUT2D eigenvalue weighted by Gasteiger charge is -2.32. The third-order valence-electron chi connectivity index (χ3n) is 3.04. The van der Waals surface area contributed by atoms with Crippen LogP contribution in [0.4, 0.5) is 0 Å². The lowest BCUT2D eigenvalue weighted by Crippen LogP contribution is -2.47. The van der Waals surface area contributed by atoms with E-state index in [1.54, 1.807) is 14.2 Å². The van der Waals surface area contributed by atoms with Crippen LogP contribution in [-0.2, 0) is 9.47 Å². The summed E-state index contributed by atoms with van der Waals surface area (Å²) in [5, 5.41) is 0. The largest absolute Gasteiger partial charge is 0.385 e. The van der Waals surface area contributed by atoms with Crippen LogP contribution < -0.4 is 5.73 Å². The van der Waals surface area contributed by atoms with Crippen LogP contribution in [-0.4, -0.2) is 57.5 Å². The van der Waals surface area contributed by atoms with Crippen molar-refractivity contribution in [2.75, 3.05) is 40.5 Å². The van der Waals surface area contributed by atoms with Crippen LogP contribution in [0.3, 0.4) is 0 Å². The molecular weight excluding hydrogens is 204 g/mol. The van der Waals surface area contributed by atoms with E-state index in [1.807, 2.05) is 0 Å². The van der Waals surface area contributed by atoms with Crippen LogP contribution in [0.25, 0.3) is 0 Å². The molecule has 98 valence electrons. The van der Waals surface area contributed by atoms with Crippen molar-refractivity contribution in [3.63, 3.8) is 0 Å². The first kappa shape index (κ1) is 15.8. The highest BCUT2D eigenvalue weighted by Crippen LogP contribution is 2.06. The van der Waals surface area contributed by atoms with Crippen LogP contribution in [0.15, 0.2) is 0 Å². The summed E-state index contributed by atoms with van der Waals surface area (Å²) < 4.78 is 10.2. The summed E-state index contributed by atoms with van der Waals surface area (Å²) >= 11 is 0. The fraction of sp³-hybridized carbons (Fsp3) is 1.00. The van der Waals surface area contributed by atoms with Gasteiger partial charge in [0.25, 0.3) is 0 Å². The standard InChI is InChI=1S/C12H28N2O2/c1-5-12(13)11(2)14(8-10-16-4)7-6-9-15-3/h11-12H,5-10,13H2,1-4H3. The molecule has 0 fully saturated rings. The van der Waals surface area contributed by atoms with Gasteiger partial charge in [-0.1, -0.05) is 6.92 Å². The molecule has 4 nitrogen and oxygen atoms in total. The highest BCUT2D eigenvalue weighted by atomic mass is 16.5. The van der Waals surface area contributed by atoms with E-state index >= 15 is 0 Å². The second-order valence-electron chi connectivity index (χ2n) is 4.19. The molecule has 0 saturated heterocycles. The monoisotopic (exact) mass is 232 g/mol. The molecule has 0 aromatic rings. The van der Waals surface area contributed by atoms with Crippen LogP contribution in [0.2, 0.25) is 0 Å². The predicted molar refractivity (Wildman–Crippen MR) is 67.7 cm³/mol. The third kappa shape index (κ3) is 6.43. The lowest BCUT2D eigenvalue weighted by molar-refractivity contribution is 0.102. The average molecular weight is 232 g/mol. The summed E-state index contributed by atoms with van der Waals surface area (Å²) in [5.74, 6) is 0. The molecule has 0 aromatic carbocycles. The van der Waals surface area contributed by atoms with Crippen LogP contribution in [0, 0.1) is 0 Å². The van der Waals surface area contributed by atoms with Crippen molar-refractivity contribution in [1.29, 1.82) is 0 Å². The Kier molecular flexibility index (Phi) is 9.92. The van der Waals surface area contributed by atoms with Gasteiger partial charge in [0.1, 0.15) is 0 Å². The Morgan fingerprint density at radius 3 is 2.25 bits per heavy atom. The predicted octanol–water partition coefficient (Wildman–Crippen LogP) is 1.10. The average Bonchev–Trinajstić information content (AvgIpc) is 2.31. The maximum Gasteiger partial charge on any atom is 0.0589 e. The zero-order valence-electron chi connectivity index (χ0n) is 11.2. The van der Waals surface area contributed by atoms with E-state index in [9.17, 15) is 0 Å². The molecule has 0 spiro atoms. The first-order valence-electron chi connectivity index (χ1n) is 6.14. The molecule has 2 atom stereocenters.